The Kier molecular flexibility index (Phi) is 8.68. The number of ether oxygens (including phenoxy) is 3. The molecule has 2 aromatic heterocycles. The van der Waals surface area contributed by atoms with Gasteiger partial charge in [-0.3, -0.25) is 0 Å². The van der Waals surface area contributed by atoms with Crippen molar-refractivity contribution in [1.82, 2.24) is 24.1 Å². The van der Waals surface area contributed by atoms with E-state index >= 15 is 0 Å². The maximum absolute atomic E-state index is 12.9. The normalized spacial score (nSPS) is 24.8. The number of piperidine rings is 2. The Labute approximate surface area is 248 Å². The highest BCUT2D eigenvalue weighted by Gasteiger charge is 2.45. The number of nitrogens with zero attached hydrogens (tertiary/aromatic N) is 6. The van der Waals surface area contributed by atoms with Gasteiger partial charge in [-0.1, -0.05) is 6.42 Å². The molecule has 0 amide bonds. The maximum atomic E-state index is 12.9. The van der Waals surface area contributed by atoms with E-state index in [1.807, 2.05) is 11.9 Å². The predicted octanol–water partition coefficient (Wildman–Crippen LogP) is 3.85. The minimum atomic E-state index is -3.27. The summed E-state index contributed by atoms with van der Waals surface area (Å²) in [6.07, 6.45) is 4.26. The molecule has 13 nitrogen and oxygen atoms in total. The molecule has 0 radical (unpaired) electrons. The number of anilines is 3. The van der Waals surface area contributed by atoms with Crippen molar-refractivity contribution < 1.29 is 27.4 Å². The number of aryl methyl sites for hydroxylation is 1. The zero-order valence-corrected chi connectivity index (χ0v) is 26.2. The van der Waals surface area contributed by atoms with Crippen LogP contribution < -0.4 is 15.0 Å². The van der Waals surface area contributed by atoms with Gasteiger partial charge in [-0.05, 0) is 60.3 Å². The van der Waals surface area contributed by atoms with Gasteiger partial charge in [-0.15, -0.1) is 5.10 Å². The summed E-state index contributed by atoms with van der Waals surface area (Å²) in [7, 11) is -1.32. The van der Waals surface area contributed by atoms with Crippen LogP contribution in [0, 0.1) is 6.92 Å². The summed E-state index contributed by atoms with van der Waals surface area (Å²) in [4.78, 5) is 24.2. The molecule has 3 saturated heterocycles. The van der Waals surface area contributed by atoms with Crippen LogP contribution in [-0.4, -0.2) is 94.4 Å². The van der Waals surface area contributed by atoms with Crippen molar-refractivity contribution in [2.45, 2.75) is 103 Å². The highest BCUT2D eigenvalue weighted by Crippen LogP contribution is 2.39. The lowest BCUT2D eigenvalue weighted by molar-refractivity contribution is 0.0511. The molecule has 5 heterocycles. The van der Waals surface area contributed by atoms with Crippen molar-refractivity contribution in [3.8, 4) is 5.88 Å². The first-order valence-corrected chi connectivity index (χ1v) is 16.4. The highest BCUT2D eigenvalue weighted by atomic mass is 32.2. The Morgan fingerprint density at radius 2 is 1.86 bits per heavy atom. The Balaban J connectivity index is 1.40. The SMILES string of the molecule is CCS(=O)(=O)N1[C@@H]2CCC[C@H]1C[C@@H](N(C)c1nc(Nc3cc(C)n(C(=O)OC(C)(C)C)n3)cc(O[C@H]3CCOC3)n1)C2. The van der Waals surface area contributed by atoms with E-state index in [9.17, 15) is 13.2 Å². The third-order valence-corrected chi connectivity index (χ3v) is 9.98. The first kappa shape index (κ1) is 30.5. The van der Waals surface area contributed by atoms with Gasteiger partial charge in [0.1, 0.15) is 17.5 Å². The molecule has 14 heteroatoms. The van der Waals surface area contributed by atoms with E-state index in [1.165, 1.54) is 4.68 Å². The molecule has 1 N–H and O–H groups in total. The van der Waals surface area contributed by atoms with Crippen LogP contribution in [0.2, 0.25) is 0 Å². The van der Waals surface area contributed by atoms with E-state index in [0.29, 0.717) is 55.2 Å². The first-order valence-electron chi connectivity index (χ1n) is 14.8. The fourth-order valence-corrected chi connectivity index (χ4v) is 7.61. The third kappa shape index (κ3) is 6.81. The van der Waals surface area contributed by atoms with Gasteiger partial charge in [-0.2, -0.15) is 19.0 Å². The van der Waals surface area contributed by atoms with Gasteiger partial charge in [0.25, 0.3) is 0 Å². The molecule has 5 rings (SSSR count). The second kappa shape index (κ2) is 12.0. The smallest absolute Gasteiger partial charge is 0.435 e. The van der Waals surface area contributed by atoms with E-state index in [2.05, 4.69) is 10.4 Å². The van der Waals surface area contributed by atoms with Crippen LogP contribution in [-0.2, 0) is 19.5 Å². The van der Waals surface area contributed by atoms with Crippen LogP contribution in [0.1, 0.15) is 71.9 Å². The monoisotopic (exact) mass is 605 g/mol. The number of carbonyl (C=O) groups excluding carboxylic acids is 1. The summed E-state index contributed by atoms with van der Waals surface area (Å²) >= 11 is 0. The van der Waals surface area contributed by atoms with Crippen molar-refractivity contribution in [3.63, 3.8) is 0 Å². The van der Waals surface area contributed by atoms with E-state index in [0.717, 1.165) is 25.7 Å². The number of hydrogen-bond acceptors (Lipinski definition) is 11. The summed E-state index contributed by atoms with van der Waals surface area (Å²) < 4.78 is 45.9. The topological polar surface area (TPSA) is 141 Å². The molecule has 2 aromatic rings. The molecule has 4 atom stereocenters. The first-order chi connectivity index (χ1) is 19.8. The number of hydrogen-bond donors (Lipinski definition) is 1. The fourth-order valence-electron chi connectivity index (χ4n) is 6.02. The number of rotatable bonds is 8. The molecule has 3 aliphatic heterocycles. The van der Waals surface area contributed by atoms with E-state index in [1.54, 1.807) is 51.1 Å². The Hall–Kier alpha value is -2.97. The van der Waals surface area contributed by atoms with Crippen LogP contribution in [0.15, 0.2) is 12.1 Å². The molecule has 2 bridgehead atoms. The van der Waals surface area contributed by atoms with Crippen molar-refractivity contribution >= 4 is 33.7 Å². The molecule has 42 heavy (non-hydrogen) atoms. The van der Waals surface area contributed by atoms with E-state index in [4.69, 9.17) is 24.2 Å². The van der Waals surface area contributed by atoms with Crippen LogP contribution in [0.25, 0.3) is 0 Å². The number of fused-ring (bicyclic) bond motifs is 2. The molecular formula is C28H43N7O6S. The zero-order valence-electron chi connectivity index (χ0n) is 25.4. The third-order valence-electron chi connectivity index (χ3n) is 8.01. The van der Waals surface area contributed by atoms with Gasteiger partial charge in [0.15, 0.2) is 5.82 Å². The Bertz CT molecular complexity index is 1370. The van der Waals surface area contributed by atoms with Gasteiger partial charge in [-0.25, -0.2) is 13.2 Å². The number of carbonyl (C=O) groups is 1. The van der Waals surface area contributed by atoms with E-state index in [-0.39, 0.29) is 30.0 Å². The predicted molar refractivity (Wildman–Crippen MR) is 158 cm³/mol. The fraction of sp³-hybridized carbons (Fsp3) is 0.714. The minimum absolute atomic E-state index is 0.0256. The van der Waals surface area contributed by atoms with Crippen LogP contribution in [0.5, 0.6) is 5.88 Å². The zero-order chi connectivity index (χ0) is 30.2. The van der Waals surface area contributed by atoms with Crippen LogP contribution in [0.4, 0.5) is 22.4 Å². The number of nitrogens with one attached hydrogen (secondary N) is 1. The van der Waals surface area contributed by atoms with Gasteiger partial charge in [0.05, 0.1) is 19.0 Å². The summed E-state index contributed by atoms with van der Waals surface area (Å²) in [5.41, 5.74) is -0.0427. The molecule has 232 valence electrons. The summed E-state index contributed by atoms with van der Waals surface area (Å²) in [6, 6.07) is 3.47. The Morgan fingerprint density at radius 3 is 2.48 bits per heavy atom. The molecule has 3 fully saturated rings. The second-order valence-electron chi connectivity index (χ2n) is 12.4. The molecule has 0 aliphatic carbocycles. The van der Waals surface area contributed by atoms with E-state index < -0.39 is 21.7 Å². The van der Waals surface area contributed by atoms with Gasteiger partial charge >= 0.3 is 6.09 Å². The molecule has 0 saturated carbocycles. The van der Waals surface area contributed by atoms with Crippen LogP contribution >= 0.6 is 0 Å². The van der Waals surface area contributed by atoms with Gasteiger partial charge in [0, 0.05) is 49.4 Å². The number of sulfonamides is 1. The lowest BCUT2D eigenvalue weighted by atomic mass is 9.83. The lowest BCUT2D eigenvalue weighted by Gasteiger charge is -2.49. The summed E-state index contributed by atoms with van der Waals surface area (Å²) in [6.45, 7) is 10.0. The average Bonchev–Trinajstić information content (AvgIpc) is 3.55. The molecule has 3 aliphatic rings. The summed E-state index contributed by atoms with van der Waals surface area (Å²) in [5.74, 6) is 1.87. The molecule has 0 aromatic carbocycles. The minimum Gasteiger partial charge on any atom is -0.472 e. The van der Waals surface area contributed by atoms with Gasteiger partial charge in [0.2, 0.25) is 21.9 Å². The van der Waals surface area contributed by atoms with Crippen molar-refractivity contribution in [2.24, 2.45) is 0 Å². The van der Waals surface area contributed by atoms with Crippen LogP contribution in [0.3, 0.4) is 0 Å². The maximum Gasteiger partial charge on any atom is 0.435 e. The largest absolute Gasteiger partial charge is 0.472 e. The van der Waals surface area contributed by atoms with Crippen molar-refractivity contribution in [1.29, 1.82) is 0 Å². The molecular weight excluding hydrogens is 562 g/mol. The Morgan fingerprint density at radius 1 is 1.14 bits per heavy atom. The lowest BCUT2D eigenvalue weighted by Crippen LogP contribution is -2.58. The standard InChI is InChI=1S/C28H43N7O6S/c1-7-42(37,38)35-19-9-8-10-20(35)15-21(14-19)33(6)26-30-23(16-25(31-26)40-22-11-12-39-17-22)29-24-13-18(2)34(32-24)27(36)41-28(3,4)5/h13,16,19-22H,7-12,14-15,17H2,1-6H3,(H,29,30,31,32)/t19-,20+,21+,22-/m0/s1. The highest BCUT2D eigenvalue weighted by molar-refractivity contribution is 7.89. The van der Waals surface area contributed by atoms with Crippen molar-refractivity contribution in [3.05, 3.63) is 17.8 Å². The summed E-state index contributed by atoms with van der Waals surface area (Å²) in [5, 5.41) is 7.60. The molecule has 0 spiro atoms. The van der Waals surface area contributed by atoms with Crippen molar-refractivity contribution in [2.75, 3.05) is 36.2 Å². The average molecular weight is 606 g/mol. The molecule has 0 unspecified atom stereocenters. The van der Waals surface area contributed by atoms with Gasteiger partial charge < -0.3 is 24.4 Å². The number of aromatic nitrogens is 4. The quantitative estimate of drug-likeness (QED) is 0.469. The second-order valence-corrected chi connectivity index (χ2v) is 14.6.